The number of halogens is 1. The number of hydrogen-bond donors (Lipinski definition) is 2. The van der Waals surface area contributed by atoms with Crippen molar-refractivity contribution in [3.63, 3.8) is 0 Å². The molecule has 0 saturated heterocycles. The number of pyridine rings is 1. The summed E-state index contributed by atoms with van der Waals surface area (Å²) in [5, 5.41) is 13.1. The van der Waals surface area contributed by atoms with E-state index in [1.54, 1.807) is 0 Å². The standard InChI is InChI=1S/C12H13BrN2O/c1-8-6-12(14-4-5-16)10-7-9(13)2-3-11(10)15-8/h2-3,6-7,16H,4-5H2,1H3,(H,14,15). The van der Waals surface area contributed by atoms with E-state index in [4.69, 9.17) is 5.11 Å². The van der Waals surface area contributed by atoms with Crippen LogP contribution in [0.1, 0.15) is 5.69 Å². The van der Waals surface area contributed by atoms with E-state index >= 15 is 0 Å². The van der Waals surface area contributed by atoms with Crippen molar-refractivity contribution in [2.45, 2.75) is 6.92 Å². The molecule has 84 valence electrons. The number of aliphatic hydroxyl groups is 1. The molecule has 2 rings (SSSR count). The zero-order chi connectivity index (χ0) is 11.5. The van der Waals surface area contributed by atoms with E-state index in [9.17, 15) is 0 Å². The van der Waals surface area contributed by atoms with Crippen molar-refractivity contribution in [2.24, 2.45) is 0 Å². The summed E-state index contributed by atoms with van der Waals surface area (Å²) in [5.74, 6) is 0. The highest BCUT2D eigenvalue weighted by Gasteiger charge is 2.03. The van der Waals surface area contributed by atoms with E-state index in [0.717, 1.165) is 26.8 Å². The van der Waals surface area contributed by atoms with Gasteiger partial charge in [0, 0.05) is 27.8 Å². The topological polar surface area (TPSA) is 45.1 Å². The summed E-state index contributed by atoms with van der Waals surface area (Å²) in [6, 6.07) is 7.98. The molecular formula is C12H13BrN2O. The van der Waals surface area contributed by atoms with Gasteiger partial charge in [0.15, 0.2) is 0 Å². The van der Waals surface area contributed by atoms with E-state index in [1.807, 2.05) is 31.2 Å². The van der Waals surface area contributed by atoms with E-state index in [0.29, 0.717) is 6.54 Å². The minimum atomic E-state index is 0.122. The van der Waals surface area contributed by atoms with Crippen LogP contribution in [0.5, 0.6) is 0 Å². The Morgan fingerprint density at radius 2 is 2.19 bits per heavy atom. The number of hydrogen-bond acceptors (Lipinski definition) is 3. The molecule has 2 aromatic rings. The van der Waals surface area contributed by atoms with Gasteiger partial charge in [0.05, 0.1) is 12.1 Å². The molecule has 1 heterocycles. The third kappa shape index (κ3) is 2.33. The molecule has 2 N–H and O–H groups in total. The largest absolute Gasteiger partial charge is 0.395 e. The van der Waals surface area contributed by atoms with Crippen molar-refractivity contribution in [1.29, 1.82) is 0 Å². The second-order valence-corrected chi connectivity index (χ2v) is 4.54. The first kappa shape index (κ1) is 11.4. The normalized spacial score (nSPS) is 10.7. The zero-order valence-corrected chi connectivity index (χ0v) is 10.6. The molecule has 0 amide bonds. The number of benzene rings is 1. The van der Waals surface area contributed by atoms with Crippen LogP contribution in [0.3, 0.4) is 0 Å². The van der Waals surface area contributed by atoms with Gasteiger partial charge >= 0.3 is 0 Å². The molecule has 0 aliphatic heterocycles. The van der Waals surface area contributed by atoms with Crippen LogP contribution in [0, 0.1) is 6.92 Å². The number of fused-ring (bicyclic) bond motifs is 1. The van der Waals surface area contributed by atoms with Crippen LogP contribution in [-0.2, 0) is 0 Å². The Hall–Kier alpha value is -1.13. The summed E-state index contributed by atoms with van der Waals surface area (Å²) in [7, 11) is 0. The first-order chi connectivity index (χ1) is 7.70. The molecule has 1 aromatic heterocycles. The number of nitrogens with one attached hydrogen (secondary N) is 1. The van der Waals surface area contributed by atoms with Crippen LogP contribution in [0.4, 0.5) is 5.69 Å². The predicted octanol–water partition coefficient (Wildman–Crippen LogP) is 2.71. The lowest BCUT2D eigenvalue weighted by Crippen LogP contribution is -2.06. The number of anilines is 1. The fraction of sp³-hybridized carbons (Fsp3) is 0.250. The number of rotatable bonds is 3. The first-order valence-corrected chi connectivity index (χ1v) is 5.91. The van der Waals surface area contributed by atoms with Crippen LogP contribution in [-0.4, -0.2) is 23.2 Å². The minimum Gasteiger partial charge on any atom is -0.395 e. The summed E-state index contributed by atoms with van der Waals surface area (Å²) in [4.78, 5) is 4.46. The van der Waals surface area contributed by atoms with Crippen LogP contribution < -0.4 is 5.32 Å². The van der Waals surface area contributed by atoms with Crippen LogP contribution in [0.2, 0.25) is 0 Å². The molecule has 0 atom stereocenters. The molecule has 1 aromatic carbocycles. The highest BCUT2D eigenvalue weighted by molar-refractivity contribution is 9.10. The Bertz CT molecular complexity index is 514. The van der Waals surface area contributed by atoms with Gasteiger partial charge in [-0.1, -0.05) is 15.9 Å². The minimum absolute atomic E-state index is 0.122. The first-order valence-electron chi connectivity index (χ1n) is 5.12. The predicted molar refractivity (Wildman–Crippen MR) is 69.8 cm³/mol. The van der Waals surface area contributed by atoms with Gasteiger partial charge in [-0.3, -0.25) is 4.98 Å². The van der Waals surface area contributed by atoms with Crippen molar-refractivity contribution >= 4 is 32.5 Å². The number of aryl methyl sites for hydroxylation is 1. The molecule has 4 heteroatoms. The average molecular weight is 281 g/mol. The quantitative estimate of drug-likeness (QED) is 0.909. The summed E-state index contributed by atoms with van der Waals surface area (Å²) < 4.78 is 1.03. The van der Waals surface area contributed by atoms with Crippen LogP contribution in [0.25, 0.3) is 10.9 Å². The van der Waals surface area contributed by atoms with Crippen molar-refractivity contribution < 1.29 is 5.11 Å². The Morgan fingerprint density at radius 3 is 2.94 bits per heavy atom. The van der Waals surface area contributed by atoms with E-state index in [2.05, 4.69) is 26.2 Å². The van der Waals surface area contributed by atoms with Gasteiger partial charge in [0.2, 0.25) is 0 Å². The third-order valence-corrected chi connectivity index (χ3v) is 2.82. The van der Waals surface area contributed by atoms with E-state index < -0.39 is 0 Å². The fourth-order valence-corrected chi connectivity index (χ4v) is 2.03. The number of nitrogens with zero attached hydrogens (tertiary/aromatic N) is 1. The molecule has 16 heavy (non-hydrogen) atoms. The van der Waals surface area contributed by atoms with Crippen molar-refractivity contribution in [2.75, 3.05) is 18.5 Å². The van der Waals surface area contributed by atoms with Gasteiger partial charge in [0.1, 0.15) is 0 Å². The summed E-state index contributed by atoms with van der Waals surface area (Å²) >= 11 is 3.45. The van der Waals surface area contributed by atoms with Crippen LogP contribution >= 0.6 is 15.9 Å². The van der Waals surface area contributed by atoms with Gasteiger partial charge in [-0.05, 0) is 31.2 Å². The van der Waals surface area contributed by atoms with Gasteiger partial charge < -0.3 is 10.4 Å². The Labute approximate surface area is 103 Å². The molecule has 0 aliphatic rings. The molecule has 3 nitrogen and oxygen atoms in total. The lowest BCUT2D eigenvalue weighted by Gasteiger charge is -2.09. The summed E-state index contributed by atoms with van der Waals surface area (Å²) in [5.41, 5.74) is 2.94. The van der Waals surface area contributed by atoms with Gasteiger partial charge in [-0.25, -0.2) is 0 Å². The van der Waals surface area contributed by atoms with Gasteiger partial charge in [-0.15, -0.1) is 0 Å². The second kappa shape index (κ2) is 4.80. The maximum absolute atomic E-state index is 8.84. The number of aromatic nitrogens is 1. The van der Waals surface area contributed by atoms with Crippen molar-refractivity contribution in [1.82, 2.24) is 4.98 Å². The molecule has 0 fully saturated rings. The Morgan fingerprint density at radius 1 is 1.38 bits per heavy atom. The summed E-state index contributed by atoms with van der Waals surface area (Å²) in [6.07, 6.45) is 0. The molecule has 0 saturated carbocycles. The third-order valence-electron chi connectivity index (χ3n) is 2.33. The highest BCUT2D eigenvalue weighted by atomic mass is 79.9. The lowest BCUT2D eigenvalue weighted by molar-refractivity contribution is 0.311. The maximum atomic E-state index is 8.84. The van der Waals surface area contributed by atoms with Crippen molar-refractivity contribution in [3.8, 4) is 0 Å². The monoisotopic (exact) mass is 280 g/mol. The van der Waals surface area contributed by atoms with Gasteiger partial charge in [-0.2, -0.15) is 0 Å². The molecule has 0 radical (unpaired) electrons. The highest BCUT2D eigenvalue weighted by Crippen LogP contribution is 2.26. The molecule has 0 unspecified atom stereocenters. The SMILES string of the molecule is Cc1cc(NCCO)c2cc(Br)ccc2n1. The lowest BCUT2D eigenvalue weighted by atomic mass is 10.1. The maximum Gasteiger partial charge on any atom is 0.0726 e. The molecule has 0 bridgehead atoms. The Kier molecular flexibility index (Phi) is 3.41. The Balaban J connectivity index is 2.55. The summed E-state index contributed by atoms with van der Waals surface area (Å²) in [6.45, 7) is 2.63. The number of aliphatic hydroxyl groups excluding tert-OH is 1. The molecule has 0 spiro atoms. The van der Waals surface area contributed by atoms with E-state index in [-0.39, 0.29) is 6.61 Å². The molecular weight excluding hydrogens is 268 g/mol. The zero-order valence-electron chi connectivity index (χ0n) is 9.00. The van der Waals surface area contributed by atoms with Gasteiger partial charge in [0.25, 0.3) is 0 Å². The second-order valence-electron chi connectivity index (χ2n) is 3.62. The molecule has 0 aliphatic carbocycles. The van der Waals surface area contributed by atoms with Crippen molar-refractivity contribution in [3.05, 3.63) is 34.4 Å². The smallest absolute Gasteiger partial charge is 0.0726 e. The fourth-order valence-electron chi connectivity index (χ4n) is 1.67. The van der Waals surface area contributed by atoms with Crippen LogP contribution in [0.15, 0.2) is 28.7 Å². The van der Waals surface area contributed by atoms with E-state index in [1.165, 1.54) is 0 Å². The average Bonchev–Trinajstić information content (AvgIpc) is 2.26.